The molecule has 0 spiro atoms. The van der Waals surface area contributed by atoms with E-state index in [0.717, 1.165) is 10.6 Å². The lowest BCUT2D eigenvalue weighted by atomic mass is 10.3. The first kappa shape index (κ1) is 11.5. The van der Waals surface area contributed by atoms with Crippen molar-refractivity contribution in [3.8, 4) is 5.75 Å². The number of halogens is 1. The van der Waals surface area contributed by atoms with Crippen molar-refractivity contribution in [1.82, 2.24) is 0 Å². The molecule has 0 unspecified atom stereocenters. The van der Waals surface area contributed by atoms with Crippen LogP contribution in [0.1, 0.15) is 0 Å². The number of ether oxygens (including phenoxy) is 1. The van der Waals surface area contributed by atoms with Crippen LogP contribution >= 0.6 is 23.4 Å². The Hall–Kier alpha value is -0.600. The predicted molar refractivity (Wildman–Crippen MR) is 63.6 cm³/mol. The minimum atomic E-state index is 0.535. The van der Waals surface area contributed by atoms with Gasteiger partial charge in [0, 0.05) is 10.8 Å². The van der Waals surface area contributed by atoms with Crippen LogP contribution in [-0.2, 0) is 0 Å². The Kier molecular flexibility index (Phi) is 5.57. The van der Waals surface area contributed by atoms with Crippen molar-refractivity contribution in [2.24, 2.45) is 0 Å². The molecule has 0 aromatic heterocycles. The molecule has 0 atom stereocenters. The maximum Gasteiger partial charge on any atom is 0.133 e. The molecule has 1 rings (SSSR count). The molecule has 0 bridgehead atoms. The first-order valence-corrected chi connectivity index (χ1v) is 6.11. The fourth-order valence-corrected chi connectivity index (χ4v) is 1.68. The molecule has 1 aromatic rings. The lowest BCUT2D eigenvalue weighted by molar-refractivity contribution is 0.354. The van der Waals surface area contributed by atoms with Gasteiger partial charge in [0.15, 0.2) is 0 Å². The molecule has 0 aliphatic carbocycles. The summed E-state index contributed by atoms with van der Waals surface area (Å²) in [5, 5.41) is 0. The van der Waals surface area contributed by atoms with Gasteiger partial charge in [0.2, 0.25) is 0 Å². The van der Waals surface area contributed by atoms with E-state index in [1.165, 1.54) is 0 Å². The van der Waals surface area contributed by atoms with Gasteiger partial charge in [0.25, 0.3) is 0 Å². The highest BCUT2D eigenvalue weighted by atomic mass is 35.5. The van der Waals surface area contributed by atoms with Crippen molar-refractivity contribution in [3.63, 3.8) is 0 Å². The van der Waals surface area contributed by atoms with E-state index in [2.05, 4.69) is 0 Å². The molecular formula is C11H13ClOS. The van der Waals surface area contributed by atoms with Crippen LogP contribution in [0, 0.1) is 0 Å². The summed E-state index contributed by atoms with van der Waals surface area (Å²) in [4.78, 5) is 1.16. The lowest BCUT2D eigenvalue weighted by Gasteiger charge is -2.06. The van der Waals surface area contributed by atoms with Crippen LogP contribution in [0.15, 0.2) is 41.3 Å². The highest BCUT2D eigenvalue weighted by molar-refractivity contribution is 7.98. The highest BCUT2D eigenvalue weighted by Crippen LogP contribution is 2.26. The summed E-state index contributed by atoms with van der Waals surface area (Å²) in [6, 6.07) is 8.00. The van der Waals surface area contributed by atoms with E-state index in [1.807, 2.05) is 42.7 Å². The summed E-state index contributed by atoms with van der Waals surface area (Å²) in [6.07, 6.45) is 5.84. The second-order valence-corrected chi connectivity index (χ2v) is 3.74. The number of hydrogen-bond acceptors (Lipinski definition) is 2. The molecule has 0 saturated heterocycles. The number of benzene rings is 1. The predicted octanol–water partition coefficient (Wildman–Crippen LogP) is 3.58. The molecule has 0 N–H and O–H groups in total. The third-order valence-electron chi connectivity index (χ3n) is 1.66. The maximum absolute atomic E-state index is 5.56. The number of allylic oxidation sites excluding steroid dienone is 1. The Balaban J connectivity index is 2.53. The van der Waals surface area contributed by atoms with E-state index >= 15 is 0 Å². The average Bonchev–Trinajstić information content (AvgIpc) is 2.25. The standard InChI is InChI=1S/C11H13ClOS/c1-14-11-7-3-2-6-10(11)13-9-5-4-8-12/h2-7H,8-9H2,1H3. The van der Waals surface area contributed by atoms with E-state index < -0.39 is 0 Å². The second-order valence-electron chi connectivity index (χ2n) is 2.59. The number of para-hydroxylation sites is 1. The summed E-state index contributed by atoms with van der Waals surface area (Å²) in [6.45, 7) is 0.574. The zero-order valence-electron chi connectivity index (χ0n) is 8.07. The highest BCUT2D eigenvalue weighted by Gasteiger charge is 1.98. The van der Waals surface area contributed by atoms with Gasteiger partial charge in [-0.25, -0.2) is 0 Å². The fourth-order valence-electron chi connectivity index (χ4n) is 1.01. The summed E-state index contributed by atoms with van der Waals surface area (Å²) in [7, 11) is 0. The van der Waals surface area contributed by atoms with E-state index in [-0.39, 0.29) is 0 Å². The Morgan fingerprint density at radius 1 is 1.36 bits per heavy atom. The van der Waals surface area contributed by atoms with Gasteiger partial charge in [-0.3, -0.25) is 0 Å². The van der Waals surface area contributed by atoms with Crippen molar-refractivity contribution < 1.29 is 4.74 Å². The topological polar surface area (TPSA) is 9.23 Å². The maximum atomic E-state index is 5.56. The quantitative estimate of drug-likeness (QED) is 0.433. The Labute approximate surface area is 94.1 Å². The summed E-state index contributed by atoms with van der Waals surface area (Å²) >= 11 is 7.18. The van der Waals surface area contributed by atoms with Crippen LogP contribution < -0.4 is 4.74 Å². The Morgan fingerprint density at radius 2 is 2.14 bits per heavy atom. The number of thioether (sulfide) groups is 1. The van der Waals surface area contributed by atoms with Crippen LogP contribution in [0.4, 0.5) is 0 Å². The van der Waals surface area contributed by atoms with Gasteiger partial charge in [-0.15, -0.1) is 23.4 Å². The minimum Gasteiger partial charge on any atom is -0.488 e. The molecular weight excluding hydrogens is 216 g/mol. The van der Waals surface area contributed by atoms with E-state index in [1.54, 1.807) is 11.8 Å². The number of hydrogen-bond donors (Lipinski definition) is 0. The molecule has 0 aliphatic rings. The molecule has 3 heteroatoms. The summed E-state index contributed by atoms with van der Waals surface area (Å²) in [5.41, 5.74) is 0. The minimum absolute atomic E-state index is 0.535. The van der Waals surface area contributed by atoms with Gasteiger partial charge in [0.05, 0.1) is 0 Å². The molecule has 0 heterocycles. The number of alkyl halides is 1. The Bertz CT molecular complexity index is 299. The molecule has 0 saturated carbocycles. The normalized spacial score (nSPS) is 10.7. The van der Waals surface area contributed by atoms with Gasteiger partial charge in [-0.05, 0) is 18.4 Å². The second kappa shape index (κ2) is 6.80. The SMILES string of the molecule is CSc1ccccc1OCC=CCCl. The van der Waals surface area contributed by atoms with Crippen LogP contribution in [0.25, 0.3) is 0 Å². The first-order valence-electron chi connectivity index (χ1n) is 4.35. The molecule has 1 nitrogen and oxygen atoms in total. The van der Waals surface area contributed by atoms with Crippen LogP contribution in [0.3, 0.4) is 0 Å². The molecule has 0 aliphatic heterocycles. The van der Waals surface area contributed by atoms with E-state index in [9.17, 15) is 0 Å². The van der Waals surface area contributed by atoms with Crippen molar-refractivity contribution >= 4 is 23.4 Å². The van der Waals surface area contributed by atoms with Crippen molar-refractivity contribution in [3.05, 3.63) is 36.4 Å². The first-order chi connectivity index (χ1) is 6.88. The molecule has 1 aromatic carbocycles. The molecule has 0 fully saturated rings. The van der Waals surface area contributed by atoms with Crippen LogP contribution in [0.5, 0.6) is 5.75 Å². The van der Waals surface area contributed by atoms with E-state index in [0.29, 0.717) is 12.5 Å². The monoisotopic (exact) mass is 228 g/mol. The van der Waals surface area contributed by atoms with Crippen molar-refractivity contribution in [1.29, 1.82) is 0 Å². The zero-order valence-corrected chi connectivity index (χ0v) is 9.65. The van der Waals surface area contributed by atoms with Gasteiger partial charge in [-0.1, -0.05) is 24.3 Å². The van der Waals surface area contributed by atoms with Crippen molar-refractivity contribution in [2.45, 2.75) is 4.90 Å². The summed E-state index contributed by atoms with van der Waals surface area (Å²) < 4.78 is 5.56. The van der Waals surface area contributed by atoms with Gasteiger partial charge >= 0.3 is 0 Å². The molecule has 0 radical (unpaired) electrons. The average molecular weight is 229 g/mol. The Morgan fingerprint density at radius 3 is 2.86 bits per heavy atom. The van der Waals surface area contributed by atoms with E-state index in [4.69, 9.17) is 16.3 Å². The van der Waals surface area contributed by atoms with Crippen LogP contribution in [0.2, 0.25) is 0 Å². The molecule has 14 heavy (non-hydrogen) atoms. The third kappa shape index (κ3) is 3.64. The van der Waals surface area contributed by atoms with Crippen molar-refractivity contribution in [2.75, 3.05) is 18.7 Å². The summed E-state index contributed by atoms with van der Waals surface area (Å²) in [5.74, 6) is 1.47. The van der Waals surface area contributed by atoms with Crippen LogP contribution in [-0.4, -0.2) is 18.7 Å². The van der Waals surface area contributed by atoms with Gasteiger partial charge in [0.1, 0.15) is 12.4 Å². The smallest absolute Gasteiger partial charge is 0.133 e. The lowest BCUT2D eigenvalue weighted by Crippen LogP contribution is -1.94. The van der Waals surface area contributed by atoms with Gasteiger partial charge in [-0.2, -0.15) is 0 Å². The number of rotatable bonds is 5. The molecule has 76 valence electrons. The van der Waals surface area contributed by atoms with Gasteiger partial charge < -0.3 is 4.74 Å². The third-order valence-corrected chi connectivity index (χ3v) is 2.62. The zero-order chi connectivity index (χ0) is 10.2. The largest absolute Gasteiger partial charge is 0.488 e. The fraction of sp³-hybridized carbons (Fsp3) is 0.273. The molecule has 0 amide bonds.